The molecule has 122 valence electrons. The third-order valence-electron chi connectivity index (χ3n) is 2.94. The summed E-state index contributed by atoms with van der Waals surface area (Å²) in [6, 6.07) is 7.49. The molecule has 0 heterocycles. The van der Waals surface area contributed by atoms with Crippen molar-refractivity contribution in [3.63, 3.8) is 0 Å². The molecule has 0 saturated carbocycles. The van der Waals surface area contributed by atoms with Crippen LogP contribution in [0.4, 0.5) is 0 Å². The zero-order valence-electron chi connectivity index (χ0n) is 12.3. The predicted octanol–water partition coefficient (Wildman–Crippen LogP) is 6.34. The minimum absolute atomic E-state index is 0.178. The average molecular weight is 572 g/mol. The van der Waals surface area contributed by atoms with Crippen molar-refractivity contribution in [2.45, 2.75) is 13.8 Å². The molecule has 0 atom stereocenters. The SMILES string of the molecule is Cc1cc(Br)cc(Br)c1OCC(=O)Oc1c(C)cc(Br)cc1Br. The highest BCUT2D eigenvalue weighted by Gasteiger charge is 2.14. The zero-order valence-corrected chi connectivity index (χ0v) is 18.6. The van der Waals surface area contributed by atoms with E-state index in [-0.39, 0.29) is 6.61 Å². The molecule has 2 rings (SSSR count). The quantitative estimate of drug-likeness (QED) is 0.318. The summed E-state index contributed by atoms with van der Waals surface area (Å²) in [4.78, 5) is 12.1. The second-order valence-electron chi connectivity index (χ2n) is 4.83. The van der Waals surface area contributed by atoms with Crippen molar-refractivity contribution in [3.05, 3.63) is 53.3 Å². The van der Waals surface area contributed by atoms with Gasteiger partial charge in [-0.1, -0.05) is 31.9 Å². The van der Waals surface area contributed by atoms with Crippen molar-refractivity contribution in [3.8, 4) is 11.5 Å². The molecule has 0 fully saturated rings. The van der Waals surface area contributed by atoms with Crippen molar-refractivity contribution in [2.24, 2.45) is 0 Å². The van der Waals surface area contributed by atoms with Crippen LogP contribution in [0.15, 0.2) is 42.2 Å². The van der Waals surface area contributed by atoms with Gasteiger partial charge in [-0.05, 0) is 81.1 Å². The van der Waals surface area contributed by atoms with Crippen LogP contribution in [0.25, 0.3) is 0 Å². The van der Waals surface area contributed by atoms with Crippen LogP contribution in [-0.2, 0) is 4.79 Å². The van der Waals surface area contributed by atoms with Crippen LogP contribution in [-0.4, -0.2) is 12.6 Å². The van der Waals surface area contributed by atoms with E-state index in [0.29, 0.717) is 16.0 Å². The second kappa shape index (κ2) is 8.14. The highest BCUT2D eigenvalue weighted by Crippen LogP contribution is 2.34. The number of ether oxygens (including phenoxy) is 2. The maximum absolute atomic E-state index is 12.1. The largest absolute Gasteiger partial charge is 0.480 e. The number of hydrogen-bond acceptors (Lipinski definition) is 3. The first kappa shape index (κ1) is 19.0. The van der Waals surface area contributed by atoms with Gasteiger partial charge in [-0.25, -0.2) is 4.79 Å². The summed E-state index contributed by atoms with van der Waals surface area (Å²) in [5.41, 5.74) is 1.76. The minimum atomic E-state index is -0.467. The molecule has 2 aromatic rings. The van der Waals surface area contributed by atoms with Crippen molar-refractivity contribution in [1.29, 1.82) is 0 Å². The minimum Gasteiger partial charge on any atom is -0.480 e. The Bertz CT molecular complexity index is 713. The van der Waals surface area contributed by atoms with Crippen LogP contribution in [0.3, 0.4) is 0 Å². The zero-order chi connectivity index (χ0) is 17.1. The van der Waals surface area contributed by atoms with Gasteiger partial charge in [0.25, 0.3) is 0 Å². The topological polar surface area (TPSA) is 35.5 Å². The number of rotatable bonds is 4. The van der Waals surface area contributed by atoms with Crippen LogP contribution in [0, 0.1) is 13.8 Å². The number of halogens is 4. The summed E-state index contributed by atoms with van der Waals surface area (Å²) in [5.74, 6) is 0.649. The molecule has 0 spiro atoms. The van der Waals surface area contributed by atoms with Gasteiger partial charge in [0.1, 0.15) is 11.5 Å². The maximum atomic E-state index is 12.1. The molecule has 0 saturated heterocycles. The Morgan fingerprint density at radius 3 is 1.83 bits per heavy atom. The molecule has 0 aromatic heterocycles. The normalized spacial score (nSPS) is 10.5. The molecule has 0 aliphatic carbocycles. The van der Waals surface area contributed by atoms with E-state index in [4.69, 9.17) is 9.47 Å². The van der Waals surface area contributed by atoms with Gasteiger partial charge in [-0.2, -0.15) is 0 Å². The Balaban J connectivity index is 2.07. The van der Waals surface area contributed by atoms with E-state index in [2.05, 4.69) is 63.7 Å². The van der Waals surface area contributed by atoms with Crippen LogP contribution < -0.4 is 9.47 Å². The summed E-state index contributed by atoms with van der Waals surface area (Å²) in [6.45, 7) is 3.60. The van der Waals surface area contributed by atoms with Crippen LogP contribution in [0.5, 0.6) is 11.5 Å². The number of aryl methyl sites for hydroxylation is 2. The van der Waals surface area contributed by atoms with Gasteiger partial charge in [0, 0.05) is 8.95 Å². The number of carbonyl (C=O) groups is 1. The Labute approximate surface area is 168 Å². The summed E-state index contributed by atoms with van der Waals surface area (Å²) in [7, 11) is 0. The lowest BCUT2D eigenvalue weighted by Gasteiger charge is -2.13. The van der Waals surface area contributed by atoms with Gasteiger partial charge < -0.3 is 9.47 Å². The van der Waals surface area contributed by atoms with E-state index in [1.807, 2.05) is 38.1 Å². The highest BCUT2D eigenvalue weighted by atomic mass is 79.9. The molecule has 0 aliphatic rings. The smallest absolute Gasteiger partial charge is 0.349 e. The van der Waals surface area contributed by atoms with Gasteiger partial charge in [0.2, 0.25) is 0 Å². The fraction of sp³-hybridized carbons (Fsp3) is 0.188. The van der Waals surface area contributed by atoms with E-state index >= 15 is 0 Å². The van der Waals surface area contributed by atoms with E-state index in [1.54, 1.807) is 0 Å². The van der Waals surface area contributed by atoms with E-state index in [9.17, 15) is 4.79 Å². The fourth-order valence-electron chi connectivity index (χ4n) is 1.96. The molecule has 3 nitrogen and oxygen atoms in total. The van der Waals surface area contributed by atoms with Gasteiger partial charge in [-0.15, -0.1) is 0 Å². The number of benzene rings is 2. The predicted molar refractivity (Wildman–Crippen MR) is 104 cm³/mol. The molecule has 2 aromatic carbocycles. The standard InChI is InChI=1S/C16H12Br4O3/c1-8-3-10(17)5-12(19)15(8)22-7-14(21)23-16-9(2)4-11(18)6-13(16)20/h3-6H,7H2,1-2H3. The van der Waals surface area contributed by atoms with E-state index in [1.165, 1.54) is 0 Å². The molecule has 7 heteroatoms. The van der Waals surface area contributed by atoms with Crippen LogP contribution in [0.2, 0.25) is 0 Å². The van der Waals surface area contributed by atoms with E-state index < -0.39 is 5.97 Å². The summed E-state index contributed by atoms with van der Waals surface area (Å²) in [5, 5.41) is 0. The first-order valence-electron chi connectivity index (χ1n) is 6.52. The molecule has 0 bridgehead atoms. The van der Waals surface area contributed by atoms with Crippen molar-refractivity contribution in [2.75, 3.05) is 6.61 Å². The van der Waals surface area contributed by atoms with Crippen molar-refractivity contribution >= 4 is 69.7 Å². The van der Waals surface area contributed by atoms with Gasteiger partial charge in [0.05, 0.1) is 8.95 Å². The first-order valence-corrected chi connectivity index (χ1v) is 9.70. The Morgan fingerprint density at radius 2 is 1.35 bits per heavy atom. The summed E-state index contributed by atoms with van der Waals surface area (Å²) in [6.07, 6.45) is 0. The first-order chi connectivity index (χ1) is 10.8. The van der Waals surface area contributed by atoms with Gasteiger partial charge in [-0.3, -0.25) is 0 Å². The average Bonchev–Trinajstić information content (AvgIpc) is 2.41. The molecular weight excluding hydrogens is 560 g/mol. The third-order valence-corrected chi connectivity index (χ3v) is 5.03. The molecule has 0 aliphatic heterocycles. The monoisotopic (exact) mass is 568 g/mol. The van der Waals surface area contributed by atoms with Gasteiger partial charge in [0.15, 0.2) is 6.61 Å². The number of carbonyl (C=O) groups excluding carboxylic acids is 1. The fourth-order valence-corrected chi connectivity index (χ4v) is 5.04. The van der Waals surface area contributed by atoms with Crippen molar-refractivity contribution in [1.82, 2.24) is 0 Å². The highest BCUT2D eigenvalue weighted by molar-refractivity contribution is 9.11. The van der Waals surface area contributed by atoms with Gasteiger partial charge >= 0.3 is 5.97 Å². The Hall–Kier alpha value is -0.370. The molecule has 0 radical (unpaired) electrons. The molecule has 23 heavy (non-hydrogen) atoms. The lowest BCUT2D eigenvalue weighted by atomic mass is 10.2. The maximum Gasteiger partial charge on any atom is 0.349 e. The lowest BCUT2D eigenvalue weighted by Crippen LogP contribution is -2.19. The van der Waals surface area contributed by atoms with Crippen LogP contribution in [0.1, 0.15) is 11.1 Å². The molecule has 0 N–H and O–H groups in total. The Morgan fingerprint density at radius 1 is 0.870 bits per heavy atom. The summed E-state index contributed by atoms with van der Waals surface area (Å²) >= 11 is 13.6. The second-order valence-corrected chi connectivity index (χ2v) is 8.37. The molecular formula is C16H12Br4O3. The van der Waals surface area contributed by atoms with Crippen LogP contribution >= 0.6 is 63.7 Å². The lowest BCUT2D eigenvalue weighted by molar-refractivity contribution is -0.136. The molecule has 0 unspecified atom stereocenters. The summed E-state index contributed by atoms with van der Waals surface area (Å²) < 4.78 is 14.3. The van der Waals surface area contributed by atoms with Crippen molar-refractivity contribution < 1.29 is 14.3 Å². The Kier molecular flexibility index (Phi) is 6.71. The third kappa shape index (κ3) is 5.05. The van der Waals surface area contributed by atoms with E-state index in [0.717, 1.165) is 24.5 Å². The molecule has 0 amide bonds. The number of hydrogen-bond donors (Lipinski definition) is 0. The number of esters is 1.